The van der Waals surface area contributed by atoms with Gasteiger partial charge in [0, 0.05) is 12.7 Å². The molecule has 0 aliphatic carbocycles. The predicted molar refractivity (Wildman–Crippen MR) is 42.6 cm³/mol. The summed E-state index contributed by atoms with van der Waals surface area (Å²) in [5, 5.41) is 8.61. The monoisotopic (exact) mass is 218 g/mol. The van der Waals surface area contributed by atoms with Crippen LogP contribution in [0.15, 0.2) is 4.73 Å². The van der Waals surface area contributed by atoms with Crippen LogP contribution < -0.4 is 0 Å². The summed E-state index contributed by atoms with van der Waals surface area (Å²) in [7, 11) is 1.75. The molecule has 0 unspecified atom stereocenters. The Balaban J connectivity index is 3.29. The van der Waals surface area contributed by atoms with Crippen LogP contribution in [0.5, 0.6) is 0 Å². The van der Waals surface area contributed by atoms with E-state index < -0.39 is 5.97 Å². The quantitative estimate of drug-likeness (QED) is 0.771. The molecule has 1 rings (SSSR count). The first-order valence-electron chi connectivity index (χ1n) is 2.96. The minimum absolute atomic E-state index is 0.0966. The van der Waals surface area contributed by atoms with Crippen LogP contribution >= 0.6 is 15.9 Å². The zero-order valence-electron chi connectivity index (χ0n) is 6.13. The highest BCUT2D eigenvalue weighted by molar-refractivity contribution is 9.10. The molecule has 4 nitrogen and oxygen atoms in total. The van der Waals surface area contributed by atoms with Gasteiger partial charge in [0.25, 0.3) is 0 Å². The molecule has 5 heteroatoms. The van der Waals surface area contributed by atoms with Crippen molar-refractivity contribution in [3.8, 4) is 0 Å². The Kier molecular flexibility index (Phi) is 1.99. The molecule has 0 atom stereocenters. The van der Waals surface area contributed by atoms with Crippen molar-refractivity contribution in [2.24, 2.45) is 7.05 Å². The van der Waals surface area contributed by atoms with Crippen molar-refractivity contribution in [1.82, 2.24) is 9.55 Å². The largest absolute Gasteiger partial charge is 0.476 e. The molecule has 1 N–H and O–H groups in total. The standard InChI is InChI=1S/C6H7BrN2O2/c1-3-4(5(10)11)8-6(7)9(3)2/h1-2H3,(H,10,11). The van der Waals surface area contributed by atoms with Crippen LogP contribution in [0.2, 0.25) is 0 Å². The fourth-order valence-electron chi connectivity index (χ4n) is 0.748. The van der Waals surface area contributed by atoms with E-state index >= 15 is 0 Å². The van der Waals surface area contributed by atoms with Crippen LogP contribution in [0.1, 0.15) is 16.2 Å². The molecule has 1 aromatic rings. The topological polar surface area (TPSA) is 55.1 Å². The highest BCUT2D eigenvalue weighted by Gasteiger charge is 2.14. The van der Waals surface area contributed by atoms with Crippen molar-refractivity contribution >= 4 is 21.9 Å². The van der Waals surface area contributed by atoms with E-state index in [0.29, 0.717) is 10.4 Å². The number of imidazole rings is 1. The van der Waals surface area contributed by atoms with Gasteiger partial charge in [0.2, 0.25) is 0 Å². The van der Waals surface area contributed by atoms with E-state index in [1.165, 1.54) is 0 Å². The number of aromatic nitrogens is 2. The molecule has 0 fully saturated rings. The molecule has 0 saturated carbocycles. The second kappa shape index (κ2) is 2.65. The Hall–Kier alpha value is -0.840. The van der Waals surface area contributed by atoms with E-state index in [1.54, 1.807) is 18.5 Å². The third-order valence-corrected chi connectivity index (χ3v) is 2.24. The number of carbonyl (C=O) groups is 1. The van der Waals surface area contributed by atoms with Gasteiger partial charge in [0.1, 0.15) is 0 Å². The van der Waals surface area contributed by atoms with E-state index in [1.807, 2.05) is 0 Å². The zero-order chi connectivity index (χ0) is 8.59. The fourth-order valence-corrected chi connectivity index (χ4v) is 1.19. The van der Waals surface area contributed by atoms with Crippen molar-refractivity contribution in [2.75, 3.05) is 0 Å². The summed E-state index contributed by atoms with van der Waals surface area (Å²) in [5.74, 6) is -0.996. The van der Waals surface area contributed by atoms with Gasteiger partial charge in [0.05, 0.1) is 0 Å². The maximum Gasteiger partial charge on any atom is 0.356 e. The second-order valence-corrected chi connectivity index (χ2v) is 2.89. The average molecular weight is 219 g/mol. The van der Waals surface area contributed by atoms with Crippen LogP contribution in [-0.4, -0.2) is 20.6 Å². The van der Waals surface area contributed by atoms with Crippen molar-refractivity contribution in [1.29, 1.82) is 0 Å². The minimum atomic E-state index is -0.996. The van der Waals surface area contributed by atoms with Gasteiger partial charge in [-0.25, -0.2) is 9.78 Å². The lowest BCUT2D eigenvalue weighted by molar-refractivity contribution is 0.0690. The molecule has 0 saturated heterocycles. The normalized spacial score (nSPS) is 10.1. The maximum atomic E-state index is 10.5. The van der Waals surface area contributed by atoms with Gasteiger partial charge in [-0.3, -0.25) is 0 Å². The van der Waals surface area contributed by atoms with Crippen LogP contribution in [0.3, 0.4) is 0 Å². The predicted octanol–water partition coefficient (Wildman–Crippen LogP) is 1.19. The molecule has 11 heavy (non-hydrogen) atoms. The van der Waals surface area contributed by atoms with Crippen molar-refractivity contribution < 1.29 is 9.90 Å². The summed E-state index contributed by atoms with van der Waals surface area (Å²) < 4.78 is 2.20. The van der Waals surface area contributed by atoms with Gasteiger partial charge in [-0.1, -0.05) is 0 Å². The lowest BCUT2D eigenvalue weighted by Crippen LogP contribution is -2.00. The van der Waals surface area contributed by atoms with Crippen molar-refractivity contribution in [3.05, 3.63) is 16.1 Å². The molecular weight excluding hydrogens is 212 g/mol. The molecule has 1 heterocycles. The molecule has 0 spiro atoms. The third-order valence-electron chi connectivity index (χ3n) is 1.53. The first-order chi connectivity index (χ1) is 5.04. The Morgan fingerprint density at radius 1 is 1.73 bits per heavy atom. The Labute approximate surface area is 72.0 Å². The number of carboxylic acid groups (broad SMARTS) is 1. The zero-order valence-corrected chi connectivity index (χ0v) is 7.71. The van der Waals surface area contributed by atoms with Gasteiger partial charge >= 0.3 is 5.97 Å². The fraction of sp³-hybridized carbons (Fsp3) is 0.333. The second-order valence-electron chi connectivity index (χ2n) is 2.18. The molecular formula is C6H7BrN2O2. The summed E-state index contributed by atoms with van der Waals surface area (Å²) in [6.45, 7) is 1.71. The molecule has 0 radical (unpaired) electrons. The number of hydrogen-bond donors (Lipinski definition) is 1. The van der Waals surface area contributed by atoms with E-state index in [4.69, 9.17) is 5.11 Å². The number of halogens is 1. The summed E-state index contributed by atoms with van der Waals surface area (Å²) in [6.07, 6.45) is 0. The summed E-state index contributed by atoms with van der Waals surface area (Å²) in [5.41, 5.74) is 0.740. The van der Waals surface area contributed by atoms with Gasteiger partial charge in [-0.2, -0.15) is 0 Å². The molecule has 0 amide bonds. The maximum absolute atomic E-state index is 10.5. The minimum Gasteiger partial charge on any atom is -0.476 e. The number of nitrogens with zero attached hydrogens (tertiary/aromatic N) is 2. The molecule has 60 valence electrons. The van der Waals surface area contributed by atoms with Crippen LogP contribution in [-0.2, 0) is 7.05 Å². The first-order valence-corrected chi connectivity index (χ1v) is 3.75. The summed E-state index contributed by atoms with van der Waals surface area (Å²) in [6, 6.07) is 0. The Bertz CT molecular complexity index is 306. The van der Waals surface area contributed by atoms with E-state index in [2.05, 4.69) is 20.9 Å². The molecule has 1 aromatic heterocycles. The first kappa shape index (κ1) is 8.26. The highest BCUT2D eigenvalue weighted by Crippen LogP contribution is 2.13. The van der Waals surface area contributed by atoms with Crippen LogP contribution in [0, 0.1) is 6.92 Å². The number of hydrogen-bond acceptors (Lipinski definition) is 2. The Morgan fingerprint density at radius 2 is 2.27 bits per heavy atom. The van der Waals surface area contributed by atoms with Crippen LogP contribution in [0.4, 0.5) is 0 Å². The van der Waals surface area contributed by atoms with Crippen molar-refractivity contribution in [2.45, 2.75) is 6.92 Å². The molecule has 0 aliphatic rings. The molecule has 0 bridgehead atoms. The van der Waals surface area contributed by atoms with Gasteiger partial charge in [-0.15, -0.1) is 0 Å². The van der Waals surface area contributed by atoms with E-state index in [-0.39, 0.29) is 5.69 Å². The van der Waals surface area contributed by atoms with E-state index in [9.17, 15) is 4.79 Å². The lowest BCUT2D eigenvalue weighted by Gasteiger charge is -1.94. The van der Waals surface area contributed by atoms with Crippen LogP contribution in [0.25, 0.3) is 0 Å². The highest BCUT2D eigenvalue weighted by atomic mass is 79.9. The molecule has 0 aliphatic heterocycles. The molecule has 0 aromatic carbocycles. The smallest absolute Gasteiger partial charge is 0.356 e. The number of rotatable bonds is 1. The average Bonchev–Trinajstić information content (AvgIpc) is 2.17. The van der Waals surface area contributed by atoms with E-state index in [0.717, 1.165) is 0 Å². The van der Waals surface area contributed by atoms with Gasteiger partial charge in [-0.05, 0) is 22.9 Å². The number of aromatic carboxylic acids is 1. The lowest BCUT2D eigenvalue weighted by atomic mass is 10.3. The number of carboxylic acids is 1. The van der Waals surface area contributed by atoms with Crippen molar-refractivity contribution in [3.63, 3.8) is 0 Å². The van der Waals surface area contributed by atoms with Gasteiger partial charge in [0.15, 0.2) is 10.4 Å². The summed E-state index contributed by atoms with van der Waals surface area (Å²) >= 11 is 3.12. The third kappa shape index (κ3) is 1.28. The van der Waals surface area contributed by atoms with Gasteiger partial charge < -0.3 is 9.67 Å². The Morgan fingerprint density at radius 3 is 2.45 bits per heavy atom. The SMILES string of the molecule is Cc1c(C(=O)O)nc(Br)n1C. The summed E-state index contributed by atoms with van der Waals surface area (Å²) in [4.78, 5) is 14.3.